The molecule has 0 radical (unpaired) electrons. The molecule has 33 heavy (non-hydrogen) atoms. The van der Waals surface area contributed by atoms with Gasteiger partial charge in [-0.25, -0.2) is 19.9 Å². The van der Waals surface area contributed by atoms with Gasteiger partial charge in [-0.3, -0.25) is 4.79 Å². The monoisotopic (exact) mass is 442 g/mol. The molecule has 5 aromatic rings. The van der Waals surface area contributed by atoms with Gasteiger partial charge in [-0.05, 0) is 38.0 Å². The molecule has 0 saturated heterocycles. The Morgan fingerprint density at radius 1 is 1.24 bits per heavy atom. The molecule has 0 bridgehead atoms. The van der Waals surface area contributed by atoms with Gasteiger partial charge in [0.15, 0.2) is 17.2 Å². The van der Waals surface area contributed by atoms with Gasteiger partial charge in [-0.2, -0.15) is 0 Å². The van der Waals surface area contributed by atoms with E-state index >= 15 is 0 Å². The molecule has 1 fully saturated rings. The lowest BCUT2D eigenvalue weighted by Gasteiger charge is -2.10. The van der Waals surface area contributed by atoms with E-state index in [-0.39, 0.29) is 11.3 Å². The highest BCUT2D eigenvalue weighted by Crippen LogP contribution is 2.46. The molecule has 0 spiro atoms. The number of imidazole rings is 1. The number of aryl methyl sites for hydroxylation is 1. The van der Waals surface area contributed by atoms with E-state index in [9.17, 15) is 4.79 Å². The van der Waals surface area contributed by atoms with Crippen LogP contribution < -0.4 is 5.32 Å². The van der Waals surface area contributed by atoms with E-state index in [0.717, 1.165) is 29.7 Å². The summed E-state index contributed by atoms with van der Waals surface area (Å²) in [5.74, 6) is 0.773. The van der Waals surface area contributed by atoms with E-state index < -0.39 is 6.04 Å². The second-order valence-electron chi connectivity index (χ2n) is 8.91. The molecule has 0 unspecified atom stereocenters. The molecule has 1 atom stereocenters. The molecule has 2 N–H and O–H groups in total. The highest BCUT2D eigenvalue weighted by Gasteiger charge is 2.40. The lowest BCUT2D eigenvalue weighted by atomic mass is 10.1. The number of hydrogen-bond donors (Lipinski definition) is 2. The number of carbonyl (C=O) groups excluding carboxylic acids is 1. The van der Waals surface area contributed by atoms with Crippen LogP contribution in [0.25, 0.3) is 33.7 Å². The highest BCUT2D eigenvalue weighted by molar-refractivity contribution is 6.03. The standard InChI is InChI=1S/C23H22N8O2/c1-12(26-22(32)18-13-6-9-31(3)21(13)25-11-24-18)16-10-15(30-33-16)20-27-14-4-5-17(23(2)7-8-23)28-19(14)29-20/h4-6,9-12H,7-8H2,1-3H3,(H,26,32)(H,27,28,29)/t12-/m1/s1. The number of nitrogens with one attached hydrogen (secondary N) is 2. The SMILES string of the molecule is C[C@@H](NC(=O)c1ncnc2c1ccn2C)c1cc(-c2nc3ccc(C4(C)CC4)nc3[nH]2)no1. The Morgan fingerprint density at radius 2 is 2.09 bits per heavy atom. The first kappa shape index (κ1) is 19.6. The lowest BCUT2D eigenvalue weighted by Crippen LogP contribution is -2.27. The number of fused-ring (bicyclic) bond motifs is 2. The summed E-state index contributed by atoms with van der Waals surface area (Å²) >= 11 is 0. The molecular weight excluding hydrogens is 420 g/mol. The molecule has 5 heterocycles. The second kappa shape index (κ2) is 6.96. The fourth-order valence-corrected chi connectivity index (χ4v) is 4.00. The average molecular weight is 442 g/mol. The molecule has 6 rings (SSSR count). The first-order valence-corrected chi connectivity index (χ1v) is 10.8. The van der Waals surface area contributed by atoms with Gasteiger partial charge in [-0.1, -0.05) is 12.1 Å². The molecule has 166 valence electrons. The second-order valence-corrected chi connectivity index (χ2v) is 8.91. The zero-order valence-electron chi connectivity index (χ0n) is 18.5. The van der Waals surface area contributed by atoms with E-state index in [2.05, 4.69) is 37.3 Å². The van der Waals surface area contributed by atoms with Gasteiger partial charge >= 0.3 is 0 Å². The largest absolute Gasteiger partial charge is 0.358 e. The number of pyridine rings is 1. The van der Waals surface area contributed by atoms with Crippen molar-refractivity contribution in [1.82, 2.24) is 40.0 Å². The number of aromatic nitrogens is 7. The van der Waals surface area contributed by atoms with Crippen LogP contribution in [0.2, 0.25) is 0 Å². The normalized spacial score (nSPS) is 15.7. The summed E-state index contributed by atoms with van der Waals surface area (Å²) in [6.07, 6.45) is 5.55. The molecule has 1 saturated carbocycles. The zero-order valence-corrected chi connectivity index (χ0v) is 18.5. The summed E-state index contributed by atoms with van der Waals surface area (Å²) in [7, 11) is 1.87. The number of H-pyrrole nitrogens is 1. The maximum absolute atomic E-state index is 12.9. The van der Waals surface area contributed by atoms with E-state index in [4.69, 9.17) is 9.51 Å². The maximum Gasteiger partial charge on any atom is 0.271 e. The summed E-state index contributed by atoms with van der Waals surface area (Å²) in [5, 5.41) is 7.76. The van der Waals surface area contributed by atoms with Crippen molar-refractivity contribution < 1.29 is 9.32 Å². The van der Waals surface area contributed by atoms with Crippen molar-refractivity contribution in [1.29, 1.82) is 0 Å². The van der Waals surface area contributed by atoms with Crippen LogP contribution in [-0.4, -0.2) is 40.6 Å². The molecular formula is C23H22N8O2. The topological polar surface area (TPSA) is 127 Å². The lowest BCUT2D eigenvalue weighted by molar-refractivity contribution is 0.0930. The van der Waals surface area contributed by atoms with Crippen molar-refractivity contribution in [3.63, 3.8) is 0 Å². The van der Waals surface area contributed by atoms with Crippen molar-refractivity contribution >= 4 is 28.1 Å². The molecule has 0 aromatic carbocycles. The van der Waals surface area contributed by atoms with Crippen molar-refractivity contribution in [2.75, 3.05) is 0 Å². The molecule has 5 aromatic heterocycles. The summed E-state index contributed by atoms with van der Waals surface area (Å²) in [4.78, 5) is 33.8. The number of aromatic amines is 1. The average Bonchev–Trinajstić information content (AvgIpc) is 3.19. The third-order valence-electron chi connectivity index (χ3n) is 6.38. The highest BCUT2D eigenvalue weighted by atomic mass is 16.5. The van der Waals surface area contributed by atoms with E-state index in [1.807, 2.05) is 42.9 Å². The Kier molecular flexibility index (Phi) is 4.13. The van der Waals surface area contributed by atoms with E-state index in [1.165, 1.54) is 6.33 Å². The molecule has 0 aliphatic heterocycles. The molecule has 1 aliphatic rings. The predicted octanol–water partition coefficient (Wildman–Crippen LogP) is 3.44. The summed E-state index contributed by atoms with van der Waals surface area (Å²) in [5.41, 5.74) is 4.34. The quantitative estimate of drug-likeness (QED) is 0.427. The summed E-state index contributed by atoms with van der Waals surface area (Å²) < 4.78 is 7.35. The Morgan fingerprint density at radius 3 is 2.91 bits per heavy atom. The third-order valence-corrected chi connectivity index (χ3v) is 6.38. The molecule has 10 heteroatoms. The van der Waals surface area contributed by atoms with Gasteiger partial charge in [0, 0.05) is 30.4 Å². The van der Waals surface area contributed by atoms with Crippen LogP contribution in [-0.2, 0) is 12.5 Å². The molecule has 1 aliphatic carbocycles. The molecule has 1 amide bonds. The van der Waals surface area contributed by atoms with Gasteiger partial charge < -0.3 is 19.4 Å². The summed E-state index contributed by atoms with van der Waals surface area (Å²) in [6, 6.07) is 7.20. The van der Waals surface area contributed by atoms with E-state index in [1.54, 1.807) is 6.07 Å². The van der Waals surface area contributed by atoms with Crippen LogP contribution in [0.3, 0.4) is 0 Å². The number of amides is 1. The number of hydrogen-bond acceptors (Lipinski definition) is 7. The van der Waals surface area contributed by atoms with Gasteiger partial charge in [0.05, 0.1) is 11.4 Å². The number of carbonyl (C=O) groups is 1. The fourth-order valence-electron chi connectivity index (χ4n) is 4.00. The van der Waals surface area contributed by atoms with Gasteiger partial charge in [0.1, 0.15) is 28.9 Å². The van der Waals surface area contributed by atoms with Crippen LogP contribution >= 0.6 is 0 Å². The minimum absolute atomic E-state index is 0.184. The minimum atomic E-state index is -0.420. The van der Waals surface area contributed by atoms with E-state index in [0.29, 0.717) is 34.0 Å². The Labute approximate surface area is 188 Å². The zero-order chi connectivity index (χ0) is 22.7. The van der Waals surface area contributed by atoms with Crippen molar-refractivity contribution in [2.24, 2.45) is 7.05 Å². The first-order chi connectivity index (χ1) is 15.9. The predicted molar refractivity (Wildman–Crippen MR) is 120 cm³/mol. The Balaban J connectivity index is 1.23. The van der Waals surface area contributed by atoms with Gasteiger partial charge in [0.25, 0.3) is 5.91 Å². The van der Waals surface area contributed by atoms with Gasteiger partial charge in [-0.15, -0.1) is 0 Å². The van der Waals surface area contributed by atoms with Crippen LogP contribution in [0, 0.1) is 0 Å². The van der Waals surface area contributed by atoms with Crippen LogP contribution in [0.5, 0.6) is 0 Å². The van der Waals surface area contributed by atoms with Crippen molar-refractivity contribution in [2.45, 2.75) is 38.1 Å². The van der Waals surface area contributed by atoms with Crippen LogP contribution in [0.4, 0.5) is 0 Å². The van der Waals surface area contributed by atoms with Crippen LogP contribution in [0.1, 0.15) is 54.7 Å². The molecule has 10 nitrogen and oxygen atoms in total. The third kappa shape index (κ3) is 3.25. The van der Waals surface area contributed by atoms with Crippen molar-refractivity contribution in [3.05, 3.63) is 53.9 Å². The Hall–Kier alpha value is -4.08. The van der Waals surface area contributed by atoms with Crippen molar-refractivity contribution in [3.8, 4) is 11.5 Å². The fraction of sp³-hybridized carbons (Fsp3) is 0.304. The summed E-state index contributed by atoms with van der Waals surface area (Å²) in [6.45, 7) is 4.05. The maximum atomic E-state index is 12.9. The minimum Gasteiger partial charge on any atom is -0.358 e. The van der Waals surface area contributed by atoms with Crippen LogP contribution in [0.15, 0.2) is 41.3 Å². The first-order valence-electron chi connectivity index (χ1n) is 10.8. The number of rotatable bonds is 5. The number of nitrogens with zero attached hydrogens (tertiary/aromatic N) is 6. The Bertz CT molecular complexity index is 1520. The van der Waals surface area contributed by atoms with Gasteiger partial charge in [0.2, 0.25) is 0 Å². The smallest absolute Gasteiger partial charge is 0.271 e.